The number of alkyl halides is 1. The Morgan fingerprint density at radius 1 is 1.12 bits per heavy atom. The molecule has 0 N–H and O–H groups in total. The van der Waals surface area contributed by atoms with Crippen LogP contribution in [-0.2, 0) is 4.32 Å². The molecular weight excluding hydrogens is 483 g/mol. The third kappa shape index (κ3) is 2.77. The summed E-state index contributed by atoms with van der Waals surface area (Å²) in [5, 5.41) is 0. The van der Waals surface area contributed by atoms with E-state index >= 15 is 0 Å². The van der Waals surface area contributed by atoms with Crippen molar-refractivity contribution in [2.24, 2.45) is 0 Å². The highest BCUT2D eigenvalue weighted by atomic mass is 79.9. The molecule has 1 aromatic carbocycles. The highest BCUT2D eigenvalue weighted by Gasteiger charge is 2.32. The minimum Gasteiger partial charge on any atom is -0.205 e. The first-order valence-corrected chi connectivity index (χ1v) is 7.99. The zero-order valence-electron chi connectivity index (χ0n) is 8.48. The molecule has 1 aliphatic carbocycles. The van der Waals surface area contributed by atoms with Crippen molar-refractivity contribution in [3.8, 4) is 0 Å². The maximum Gasteiger partial charge on any atom is 0.143 e. The summed E-state index contributed by atoms with van der Waals surface area (Å²) in [6.45, 7) is 0. The zero-order chi connectivity index (χ0) is 12.6. The molecule has 0 fully saturated rings. The topological polar surface area (TPSA) is 0 Å². The van der Waals surface area contributed by atoms with Crippen molar-refractivity contribution < 1.29 is 4.39 Å². The van der Waals surface area contributed by atoms with Crippen LogP contribution < -0.4 is 0 Å². The molecule has 0 aliphatic heterocycles. The van der Waals surface area contributed by atoms with E-state index in [0.717, 1.165) is 8.96 Å². The van der Waals surface area contributed by atoms with Crippen LogP contribution in [0.4, 0.5) is 4.39 Å². The molecule has 0 aromatic heterocycles. The van der Waals surface area contributed by atoms with E-state index in [1.807, 2.05) is 24.3 Å². The lowest BCUT2D eigenvalue weighted by atomic mass is 9.92. The van der Waals surface area contributed by atoms with Gasteiger partial charge in [0.1, 0.15) is 5.82 Å². The van der Waals surface area contributed by atoms with Crippen LogP contribution in [0.3, 0.4) is 0 Å². The second kappa shape index (κ2) is 5.27. The van der Waals surface area contributed by atoms with Gasteiger partial charge in [-0.2, -0.15) is 0 Å². The molecule has 0 heterocycles. The first-order chi connectivity index (χ1) is 7.94. The summed E-state index contributed by atoms with van der Waals surface area (Å²) < 4.78 is 16.0. The third-order valence-electron chi connectivity index (χ3n) is 2.56. The Morgan fingerprint density at radius 2 is 1.76 bits per heavy atom. The number of benzene rings is 1. The van der Waals surface area contributed by atoms with Crippen LogP contribution in [0.1, 0.15) is 12.0 Å². The van der Waals surface area contributed by atoms with E-state index in [1.54, 1.807) is 6.07 Å². The number of allylic oxidation sites excluding steroid dienone is 4. The Kier molecular flexibility index (Phi) is 4.33. The molecule has 90 valence electrons. The van der Waals surface area contributed by atoms with Crippen molar-refractivity contribution >= 4 is 63.7 Å². The molecule has 0 amide bonds. The molecule has 0 radical (unpaired) electrons. The first kappa shape index (κ1) is 14.0. The van der Waals surface area contributed by atoms with E-state index in [2.05, 4.69) is 63.7 Å². The average Bonchev–Trinajstić information content (AvgIpc) is 2.29. The van der Waals surface area contributed by atoms with Gasteiger partial charge >= 0.3 is 0 Å². The summed E-state index contributed by atoms with van der Waals surface area (Å²) in [7, 11) is 0. The van der Waals surface area contributed by atoms with Crippen LogP contribution in [0.5, 0.6) is 0 Å². The minimum atomic E-state index is -0.503. The molecule has 0 saturated carbocycles. The van der Waals surface area contributed by atoms with Crippen LogP contribution in [0, 0.1) is 5.82 Å². The van der Waals surface area contributed by atoms with Crippen molar-refractivity contribution in [1.29, 1.82) is 0 Å². The molecule has 0 saturated heterocycles. The van der Waals surface area contributed by atoms with Crippen molar-refractivity contribution in [3.63, 3.8) is 0 Å². The fourth-order valence-electron chi connectivity index (χ4n) is 1.69. The van der Waals surface area contributed by atoms with Crippen LogP contribution in [-0.4, -0.2) is 0 Å². The fraction of sp³-hybridized carbons (Fsp3) is 0.167. The monoisotopic (exact) mass is 486 g/mol. The number of halogens is 5. The maximum absolute atomic E-state index is 14.2. The van der Waals surface area contributed by atoms with Gasteiger partial charge in [0.2, 0.25) is 0 Å². The SMILES string of the molecule is Fc1c(Br)ccc(Br)c1C1(Br)C=CC(Br)=CC1. The normalized spacial score (nSPS) is 23.7. The quantitative estimate of drug-likeness (QED) is 0.326. The van der Waals surface area contributed by atoms with Gasteiger partial charge < -0.3 is 0 Å². The molecule has 1 atom stereocenters. The first-order valence-electron chi connectivity index (χ1n) is 4.82. The lowest BCUT2D eigenvalue weighted by Crippen LogP contribution is -2.19. The molecule has 1 aromatic rings. The van der Waals surface area contributed by atoms with Crippen molar-refractivity contribution in [2.75, 3.05) is 0 Å². The summed E-state index contributed by atoms with van der Waals surface area (Å²) in [5.74, 6) is -0.243. The lowest BCUT2D eigenvalue weighted by molar-refractivity contribution is 0.583. The van der Waals surface area contributed by atoms with Crippen molar-refractivity contribution in [3.05, 3.63) is 55.2 Å². The molecule has 0 bridgehead atoms. The molecule has 0 spiro atoms. The maximum atomic E-state index is 14.2. The van der Waals surface area contributed by atoms with Gasteiger partial charge in [0, 0.05) is 14.5 Å². The zero-order valence-corrected chi connectivity index (χ0v) is 14.8. The highest BCUT2D eigenvalue weighted by molar-refractivity contribution is 9.12. The summed E-state index contributed by atoms with van der Waals surface area (Å²) in [4.78, 5) is 0. The standard InChI is InChI=1S/C12H7Br4F/c13-7-3-5-12(16,6-4-7)10-8(14)1-2-9(15)11(10)17/h1-5H,6H2. The predicted octanol–water partition coefficient (Wildman–Crippen LogP) is 6.18. The Labute approximate surface area is 133 Å². The third-order valence-corrected chi connectivity index (χ3v) is 5.41. The van der Waals surface area contributed by atoms with E-state index in [4.69, 9.17) is 0 Å². The summed E-state index contributed by atoms with van der Waals surface area (Å²) >= 11 is 13.7. The van der Waals surface area contributed by atoms with E-state index in [0.29, 0.717) is 16.5 Å². The van der Waals surface area contributed by atoms with E-state index in [-0.39, 0.29) is 5.82 Å². The van der Waals surface area contributed by atoms with Crippen LogP contribution in [0.15, 0.2) is 43.8 Å². The number of hydrogen-bond acceptors (Lipinski definition) is 0. The largest absolute Gasteiger partial charge is 0.205 e. The van der Waals surface area contributed by atoms with Gasteiger partial charge in [-0.15, -0.1) is 0 Å². The van der Waals surface area contributed by atoms with Crippen LogP contribution >= 0.6 is 63.7 Å². The molecule has 5 heteroatoms. The Bertz CT molecular complexity index is 521. The Morgan fingerprint density at radius 3 is 2.35 bits per heavy atom. The molecule has 0 nitrogen and oxygen atoms in total. The minimum absolute atomic E-state index is 0.243. The molecule has 2 rings (SSSR count). The fourth-order valence-corrected chi connectivity index (χ4v) is 3.92. The van der Waals surface area contributed by atoms with Gasteiger partial charge in [-0.05, 0) is 34.5 Å². The van der Waals surface area contributed by atoms with E-state index in [1.165, 1.54) is 0 Å². The van der Waals surface area contributed by atoms with Gasteiger partial charge in [0.15, 0.2) is 0 Å². The van der Waals surface area contributed by atoms with Gasteiger partial charge in [-0.3, -0.25) is 0 Å². The second-order valence-corrected chi connectivity index (χ2v) is 7.75. The molecular formula is C12H7Br4F. The van der Waals surface area contributed by atoms with Crippen LogP contribution in [0.2, 0.25) is 0 Å². The average molecular weight is 490 g/mol. The summed E-state index contributed by atoms with van der Waals surface area (Å²) in [5.41, 5.74) is 0.611. The molecule has 17 heavy (non-hydrogen) atoms. The van der Waals surface area contributed by atoms with Crippen molar-refractivity contribution in [1.82, 2.24) is 0 Å². The smallest absolute Gasteiger partial charge is 0.143 e. The summed E-state index contributed by atoms with van der Waals surface area (Å²) in [6, 6.07) is 3.53. The Balaban J connectivity index is 2.55. The van der Waals surface area contributed by atoms with E-state index in [9.17, 15) is 4.39 Å². The molecule has 1 unspecified atom stereocenters. The van der Waals surface area contributed by atoms with Gasteiger partial charge in [0.05, 0.1) is 8.80 Å². The number of hydrogen-bond donors (Lipinski definition) is 0. The predicted molar refractivity (Wildman–Crippen MR) is 83.2 cm³/mol. The highest BCUT2D eigenvalue weighted by Crippen LogP contribution is 2.46. The number of rotatable bonds is 1. The van der Waals surface area contributed by atoms with Crippen LogP contribution in [0.25, 0.3) is 0 Å². The van der Waals surface area contributed by atoms with Gasteiger partial charge in [-0.25, -0.2) is 4.39 Å². The van der Waals surface area contributed by atoms with Gasteiger partial charge in [0.25, 0.3) is 0 Å². The lowest BCUT2D eigenvalue weighted by Gasteiger charge is -2.27. The Hall–Kier alpha value is 0.550. The second-order valence-electron chi connectivity index (χ2n) is 3.71. The van der Waals surface area contributed by atoms with Crippen molar-refractivity contribution in [2.45, 2.75) is 10.7 Å². The van der Waals surface area contributed by atoms with Gasteiger partial charge in [-0.1, -0.05) is 66.0 Å². The molecule has 1 aliphatic rings. The van der Waals surface area contributed by atoms with E-state index < -0.39 is 4.32 Å². The summed E-state index contributed by atoms with van der Waals surface area (Å²) in [6.07, 6.45) is 6.58.